The highest BCUT2D eigenvalue weighted by Crippen LogP contribution is 2.11. The van der Waals surface area contributed by atoms with Gasteiger partial charge in [-0.25, -0.2) is 0 Å². The highest BCUT2D eigenvalue weighted by atomic mass is 14.5. The van der Waals surface area contributed by atoms with Crippen molar-refractivity contribution in [2.24, 2.45) is 5.73 Å². The van der Waals surface area contributed by atoms with Crippen LogP contribution in [-0.4, -0.2) is 6.54 Å². The Labute approximate surface area is 64.3 Å². The fourth-order valence-electron chi connectivity index (χ4n) is 0.882. The van der Waals surface area contributed by atoms with Crippen molar-refractivity contribution in [1.82, 2.24) is 0 Å². The lowest BCUT2D eigenvalue weighted by atomic mass is 10.0. The van der Waals surface area contributed by atoms with Crippen molar-refractivity contribution in [3.05, 3.63) is 11.1 Å². The summed E-state index contributed by atoms with van der Waals surface area (Å²) < 4.78 is 0. The van der Waals surface area contributed by atoms with Gasteiger partial charge in [-0.2, -0.15) is 0 Å². The van der Waals surface area contributed by atoms with Crippen LogP contribution in [0.4, 0.5) is 0 Å². The van der Waals surface area contributed by atoms with Crippen molar-refractivity contribution in [3.63, 3.8) is 0 Å². The number of allylic oxidation sites excluding steroid dienone is 2. The van der Waals surface area contributed by atoms with Crippen molar-refractivity contribution in [3.8, 4) is 0 Å². The van der Waals surface area contributed by atoms with Gasteiger partial charge in [-0.1, -0.05) is 18.1 Å². The van der Waals surface area contributed by atoms with Crippen LogP contribution in [0.2, 0.25) is 0 Å². The fraction of sp³-hybridized carbons (Fsp3) is 0.778. The van der Waals surface area contributed by atoms with E-state index >= 15 is 0 Å². The molecule has 0 spiro atoms. The van der Waals surface area contributed by atoms with Gasteiger partial charge in [0.05, 0.1) is 0 Å². The van der Waals surface area contributed by atoms with Gasteiger partial charge in [0.25, 0.3) is 0 Å². The molecule has 0 rings (SSSR count). The molecule has 0 amide bonds. The van der Waals surface area contributed by atoms with Gasteiger partial charge in [0.15, 0.2) is 0 Å². The maximum Gasteiger partial charge on any atom is -0.00742 e. The summed E-state index contributed by atoms with van der Waals surface area (Å²) in [5, 5.41) is 0. The minimum atomic E-state index is 0.814. The molecule has 0 unspecified atom stereocenters. The van der Waals surface area contributed by atoms with Crippen LogP contribution in [0.5, 0.6) is 0 Å². The number of nitrogens with two attached hydrogens (primary N) is 1. The number of hydrogen-bond acceptors (Lipinski definition) is 1. The Balaban J connectivity index is 3.68. The third kappa shape index (κ3) is 3.67. The molecule has 10 heavy (non-hydrogen) atoms. The van der Waals surface area contributed by atoms with Gasteiger partial charge in [-0.3, -0.25) is 0 Å². The van der Waals surface area contributed by atoms with Crippen LogP contribution in [0, 0.1) is 0 Å². The average molecular weight is 141 g/mol. The summed E-state index contributed by atoms with van der Waals surface area (Å²) in [5.74, 6) is 0. The lowest BCUT2D eigenvalue weighted by molar-refractivity contribution is 0.808. The largest absolute Gasteiger partial charge is 0.330 e. The van der Waals surface area contributed by atoms with Gasteiger partial charge >= 0.3 is 0 Å². The second-order valence-electron chi connectivity index (χ2n) is 2.81. The number of hydrogen-bond donors (Lipinski definition) is 1. The minimum absolute atomic E-state index is 0.814. The van der Waals surface area contributed by atoms with E-state index in [4.69, 9.17) is 5.73 Å². The topological polar surface area (TPSA) is 26.0 Å². The molecular weight excluding hydrogens is 122 g/mol. The van der Waals surface area contributed by atoms with Crippen molar-refractivity contribution in [2.45, 2.75) is 40.0 Å². The van der Waals surface area contributed by atoms with Gasteiger partial charge in [-0.15, -0.1) is 0 Å². The fourth-order valence-corrected chi connectivity index (χ4v) is 0.882. The van der Waals surface area contributed by atoms with Crippen LogP contribution < -0.4 is 5.73 Å². The summed E-state index contributed by atoms with van der Waals surface area (Å²) in [6.07, 6.45) is 3.48. The minimum Gasteiger partial charge on any atom is -0.330 e. The molecule has 0 aliphatic carbocycles. The van der Waals surface area contributed by atoms with Gasteiger partial charge < -0.3 is 5.73 Å². The molecule has 0 saturated heterocycles. The van der Waals surface area contributed by atoms with Crippen LogP contribution in [0.15, 0.2) is 11.1 Å². The lowest BCUT2D eigenvalue weighted by Crippen LogP contribution is -1.98. The first-order valence-electron chi connectivity index (χ1n) is 4.07. The van der Waals surface area contributed by atoms with E-state index in [1.807, 2.05) is 0 Å². The van der Waals surface area contributed by atoms with E-state index in [1.165, 1.54) is 24.0 Å². The summed E-state index contributed by atoms with van der Waals surface area (Å²) in [7, 11) is 0. The quantitative estimate of drug-likeness (QED) is 0.598. The Hall–Kier alpha value is -0.300. The summed E-state index contributed by atoms with van der Waals surface area (Å²) >= 11 is 0. The first-order chi connectivity index (χ1) is 4.72. The van der Waals surface area contributed by atoms with E-state index < -0.39 is 0 Å². The Morgan fingerprint density at radius 1 is 1.20 bits per heavy atom. The molecule has 0 aromatic rings. The predicted octanol–water partition coefficient (Wildman–Crippen LogP) is 2.47. The normalized spacial score (nSPS) is 13.2. The molecule has 0 saturated carbocycles. The molecule has 0 radical (unpaired) electrons. The Morgan fingerprint density at radius 2 is 1.80 bits per heavy atom. The van der Waals surface area contributed by atoms with E-state index in [2.05, 4.69) is 20.8 Å². The molecule has 1 heteroatoms. The first kappa shape index (κ1) is 9.70. The van der Waals surface area contributed by atoms with Gasteiger partial charge in [-0.05, 0) is 39.7 Å². The summed E-state index contributed by atoms with van der Waals surface area (Å²) in [6.45, 7) is 7.41. The monoisotopic (exact) mass is 141 g/mol. The highest BCUT2D eigenvalue weighted by molar-refractivity contribution is 5.08. The SMILES string of the molecule is CCC(C)=C(C)CCCN. The summed E-state index contributed by atoms with van der Waals surface area (Å²) in [5.41, 5.74) is 8.44. The second-order valence-corrected chi connectivity index (χ2v) is 2.81. The van der Waals surface area contributed by atoms with Crippen LogP contribution in [0.25, 0.3) is 0 Å². The molecule has 0 bridgehead atoms. The van der Waals surface area contributed by atoms with Gasteiger partial charge in [0.1, 0.15) is 0 Å². The average Bonchev–Trinajstić information content (AvgIpc) is 1.98. The zero-order valence-electron chi connectivity index (χ0n) is 7.41. The van der Waals surface area contributed by atoms with Crippen molar-refractivity contribution in [1.29, 1.82) is 0 Å². The van der Waals surface area contributed by atoms with Crippen LogP contribution in [-0.2, 0) is 0 Å². The molecule has 0 atom stereocenters. The molecular formula is C9H19N. The molecule has 0 aromatic heterocycles. The molecule has 60 valence electrons. The van der Waals surface area contributed by atoms with Crippen LogP contribution in [0.3, 0.4) is 0 Å². The van der Waals surface area contributed by atoms with Crippen molar-refractivity contribution in [2.75, 3.05) is 6.54 Å². The van der Waals surface area contributed by atoms with Gasteiger partial charge in [0.2, 0.25) is 0 Å². The van der Waals surface area contributed by atoms with Crippen molar-refractivity contribution >= 4 is 0 Å². The summed E-state index contributed by atoms with van der Waals surface area (Å²) in [6, 6.07) is 0. The predicted molar refractivity (Wildman–Crippen MR) is 47.0 cm³/mol. The molecule has 1 nitrogen and oxygen atoms in total. The third-order valence-corrected chi connectivity index (χ3v) is 2.01. The highest BCUT2D eigenvalue weighted by Gasteiger charge is 1.92. The lowest BCUT2D eigenvalue weighted by Gasteiger charge is -2.03. The second kappa shape index (κ2) is 5.48. The molecule has 0 fully saturated rings. The van der Waals surface area contributed by atoms with E-state index in [-0.39, 0.29) is 0 Å². The van der Waals surface area contributed by atoms with E-state index in [0.29, 0.717) is 0 Å². The molecule has 2 N–H and O–H groups in total. The first-order valence-corrected chi connectivity index (χ1v) is 4.07. The molecule has 0 aromatic carbocycles. The standard InChI is InChI=1S/C9H19N/c1-4-8(2)9(3)6-5-7-10/h4-7,10H2,1-3H3. The molecule has 0 aliphatic heterocycles. The molecule has 0 aliphatic rings. The zero-order valence-corrected chi connectivity index (χ0v) is 7.41. The Kier molecular flexibility index (Phi) is 5.32. The Bertz CT molecular complexity index is 114. The Morgan fingerprint density at radius 3 is 2.20 bits per heavy atom. The van der Waals surface area contributed by atoms with E-state index in [0.717, 1.165) is 13.0 Å². The maximum absolute atomic E-state index is 5.40. The van der Waals surface area contributed by atoms with Crippen LogP contribution >= 0.6 is 0 Å². The van der Waals surface area contributed by atoms with E-state index in [1.54, 1.807) is 0 Å². The zero-order chi connectivity index (χ0) is 7.98. The summed E-state index contributed by atoms with van der Waals surface area (Å²) in [4.78, 5) is 0. The van der Waals surface area contributed by atoms with Crippen LogP contribution in [0.1, 0.15) is 40.0 Å². The maximum atomic E-state index is 5.40. The van der Waals surface area contributed by atoms with Gasteiger partial charge in [0, 0.05) is 0 Å². The smallest absolute Gasteiger partial charge is 0.00742 e. The number of rotatable bonds is 4. The molecule has 0 heterocycles. The third-order valence-electron chi connectivity index (χ3n) is 2.01. The van der Waals surface area contributed by atoms with E-state index in [9.17, 15) is 0 Å². The van der Waals surface area contributed by atoms with Crippen molar-refractivity contribution < 1.29 is 0 Å².